The van der Waals surface area contributed by atoms with Crippen molar-refractivity contribution in [3.63, 3.8) is 0 Å². The van der Waals surface area contributed by atoms with Crippen molar-refractivity contribution in [1.29, 1.82) is 0 Å². The van der Waals surface area contributed by atoms with Gasteiger partial charge in [0.1, 0.15) is 0 Å². The van der Waals surface area contributed by atoms with Crippen molar-refractivity contribution in [2.75, 3.05) is 13.2 Å². The standard InChI is InChI=1S/C15H27N3O/c1-4-9-16-14(15-12(2)8-11-19-15)6-5-13-7-10-17-18(13)3/h7,10,12,14-16H,4-6,8-9,11H2,1-3H3. The first-order valence-corrected chi connectivity index (χ1v) is 7.54. The Bertz CT molecular complexity index is 377. The van der Waals surface area contributed by atoms with E-state index in [1.54, 1.807) is 0 Å². The van der Waals surface area contributed by atoms with Crippen LogP contribution >= 0.6 is 0 Å². The molecule has 3 atom stereocenters. The summed E-state index contributed by atoms with van der Waals surface area (Å²) >= 11 is 0. The van der Waals surface area contributed by atoms with Gasteiger partial charge in [0.25, 0.3) is 0 Å². The molecule has 1 saturated heterocycles. The number of nitrogens with zero attached hydrogens (tertiary/aromatic N) is 2. The van der Waals surface area contributed by atoms with Crippen molar-refractivity contribution >= 4 is 0 Å². The fourth-order valence-electron chi connectivity index (χ4n) is 2.89. The first-order chi connectivity index (χ1) is 9.22. The predicted molar refractivity (Wildman–Crippen MR) is 77.1 cm³/mol. The Morgan fingerprint density at radius 1 is 1.58 bits per heavy atom. The largest absolute Gasteiger partial charge is 0.376 e. The van der Waals surface area contributed by atoms with Crippen molar-refractivity contribution in [3.8, 4) is 0 Å². The molecule has 1 aromatic heterocycles. The van der Waals surface area contributed by atoms with E-state index in [0.717, 1.165) is 26.0 Å². The SMILES string of the molecule is CCCNC(CCc1ccnn1C)C1OCCC1C. The van der Waals surface area contributed by atoms with Gasteiger partial charge in [-0.3, -0.25) is 4.68 Å². The van der Waals surface area contributed by atoms with Gasteiger partial charge in [-0.05, 0) is 44.2 Å². The Balaban J connectivity index is 1.91. The molecule has 0 saturated carbocycles. The third-order valence-electron chi connectivity index (χ3n) is 4.13. The zero-order valence-electron chi connectivity index (χ0n) is 12.4. The van der Waals surface area contributed by atoms with E-state index in [1.165, 1.54) is 18.5 Å². The third kappa shape index (κ3) is 3.80. The molecule has 0 aromatic carbocycles. The molecule has 0 bridgehead atoms. The summed E-state index contributed by atoms with van der Waals surface area (Å²) in [6, 6.07) is 2.57. The van der Waals surface area contributed by atoms with E-state index in [4.69, 9.17) is 4.74 Å². The first kappa shape index (κ1) is 14.5. The summed E-state index contributed by atoms with van der Waals surface area (Å²) in [7, 11) is 2.01. The summed E-state index contributed by atoms with van der Waals surface area (Å²) in [5, 5.41) is 7.90. The van der Waals surface area contributed by atoms with Crippen LogP contribution in [0.25, 0.3) is 0 Å². The van der Waals surface area contributed by atoms with Gasteiger partial charge < -0.3 is 10.1 Å². The molecule has 2 heterocycles. The highest BCUT2D eigenvalue weighted by Gasteiger charge is 2.31. The normalized spacial score (nSPS) is 24.8. The summed E-state index contributed by atoms with van der Waals surface area (Å²) in [6.45, 7) is 6.51. The average molecular weight is 265 g/mol. The number of hydrogen-bond donors (Lipinski definition) is 1. The van der Waals surface area contributed by atoms with E-state index in [1.807, 2.05) is 17.9 Å². The Labute approximate surface area is 116 Å². The van der Waals surface area contributed by atoms with Crippen LogP contribution in [0.3, 0.4) is 0 Å². The molecule has 1 aliphatic heterocycles. The topological polar surface area (TPSA) is 39.1 Å². The fraction of sp³-hybridized carbons (Fsp3) is 0.800. The lowest BCUT2D eigenvalue weighted by molar-refractivity contribution is 0.0582. The van der Waals surface area contributed by atoms with Crippen LogP contribution in [-0.2, 0) is 18.2 Å². The van der Waals surface area contributed by atoms with E-state index >= 15 is 0 Å². The maximum Gasteiger partial charge on any atom is 0.0754 e. The van der Waals surface area contributed by atoms with Gasteiger partial charge in [-0.15, -0.1) is 0 Å². The molecule has 108 valence electrons. The lowest BCUT2D eigenvalue weighted by atomic mass is 9.94. The molecule has 0 spiro atoms. The Kier molecular flexibility index (Phi) is 5.40. The van der Waals surface area contributed by atoms with Gasteiger partial charge in [-0.1, -0.05) is 13.8 Å². The van der Waals surface area contributed by atoms with E-state index in [0.29, 0.717) is 18.1 Å². The van der Waals surface area contributed by atoms with Gasteiger partial charge in [0, 0.05) is 31.6 Å². The van der Waals surface area contributed by atoms with Crippen LogP contribution in [0.2, 0.25) is 0 Å². The number of aromatic nitrogens is 2. The van der Waals surface area contributed by atoms with Crippen molar-refractivity contribution in [2.45, 2.75) is 51.7 Å². The second kappa shape index (κ2) is 7.06. The van der Waals surface area contributed by atoms with Crippen LogP contribution < -0.4 is 5.32 Å². The maximum atomic E-state index is 5.94. The smallest absolute Gasteiger partial charge is 0.0754 e. The van der Waals surface area contributed by atoms with E-state index < -0.39 is 0 Å². The molecule has 1 aliphatic rings. The van der Waals surface area contributed by atoms with Crippen molar-refractivity contribution in [1.82, 2.24) is 15.1 Å². The monoisotopic (exact) mass is 265 g/mol. The molecule has 3 unspecified atom stereocenters. The Morgan fingerprint density at radius 2 is 2.42 bits per heavy atom. The number of nitrogens with one attached hydrogen (secondary N) is 1. The van der Waals surface area contributed by atoms with Gasteiger partial charge in [0.2, 0.25) is 0 Å². The molecular weight excluding hydrogens is 238 g/mol. The second-order valence-corrected chi connectivity index (χ2v) is 5.65. The van der Waals surface area contributed by atoms with E-state index in [-0.39, 0.29) is 0 Å². The molecule has 1 aromatic rings. The van der Waals surface area contributed by atoms with Gasteiger partial charge in [0.05, 0.1) is 6.10 Å². The summed E-state index contributed by atoms with van der Waals surface area (Å²) < 4.78 is 7.91. The third-order valence-corrected chi connectivity index (χ3v) is 4.13. The average Bonchev–Trinajstić information content (AvgIpc) is 2.99. The summed E-state index contributed by atoms with van der Waals surface area (Å²) in [5.74, 6) is 0.667. The number of ether oxygens (including phenoxy) is 1. The molecular formula is C15H27N3O. The van der Waals surface area contributed by atoms with E-state index in [2.05, 4.69) is 30.3 Å². The minimum Gasteiger partial charge on any atom is -0.376 e. The highest BCUT2D eigenvalue weighted by Crippen LogP contribution is 2.25. The van der Waals surface area contributed by atoms with Crippen LogP contribution in [0.1, 0.15) is 38.8 Å². The molecule has 2 rings (SSSR count). The van der Waals surface area contributed by atoms with Crippen molar-refractivity contribution in [2.24, 2.45) is 13.0 Å². The molecule has 1 N–H and O–H groups in total. The lowest BCUT2D eigenvalue weighted by Gasteiger charge is -2.27. The van der Waals surface area contributed by atoms with Gasteiger partial charge in [-0.25, -0.2) is 0 Å². The van der Waals surface area contributed by atoms with Gasteiger partial charge in [0.15, 0.2) is 0 Å². The number of rotatable bonds is 7. The maximum absolute atomic E-state index is 5.94. The lowest BCUT2D eigenvalue weighted by Crippen LogP contribution is -2.43. The summed E-state index contributed by atoms with van der Waals surface area (Å²) in [6.07, 6.45) is 6.79. The van der Waals surface area contributed by atoms with Crippen LogP contribution in [0.5, 0.6) is 0 Å². The molecule has 19 heavy (non-hydrogen) atoms. The van der Waals surface area contributed by atoms with Crippen LogP contribution in [0.15, 0.2) is 12.3 Å². The molecule has 0 aliphatic carbocycles. The molecule has 0 radical (unpaired) electrons. The fourth-order valence-corrected chi connectivity index (χ4v) is 2.89. The molecule has 4 nitrogen and oxygen atoms in total. The minimum atomic E-state index is 0.375. The van der Waals surface area contributed by atoms with Crippen molar-refractivity contribution < 1.29 is 4.74 Å². The zero-order chi connectivity index (χ0) is 13.7. The number of hydrogen-bond acceptors (Lipinski definition) is 3. The van der Waals surface area contributed by atoms with Crippen LogP contribution in [-0.4, -0.2) is 35.1 Å². The minimum absolute atomic E-state index is 0.375. The highest BCUT2D eigenvalue weighted by atomic mass is 16.5. The molecule has 1 fully saturated rings. The zero-order valence-corrected chi connectivity index (χ0v) is 12.4. The van der Waals surface area contributed by atoms with Crippen LogP contribution in [0.4, 0.5) is 0 Å². The molecule has 4 heteroatoms. The quantitative estimate of drug-likeness (QED) is 0.821. The number of aryl methyl sites for hydroxylation is 2. The van der Waals surface area contributed by atoms with Gasteiger partial charge >= 0.3 is 0 Å². The van der Waals surface area contributed by atoms with E-state index in [9.17, 15) is 0 Å². The highest BCUT2D eigenvalue weighted by molar-refractivity contribution is 5.01. The summed E-state index contributed by atoms with van der Waals surface area (Å²) in [5.41, 5.74) is 1.30. The predicted octanol–water partition coefficient (Wildman–Crippen LogP) is 2.15. The Morgan fingerprint density at radius 3 is 3.00 bits per heavy atom. The van der Waals surface area contributed by atoms with Crippen LogP contribution in [0, 0.1) is 5.92 Å². The molecule has 0 amide bonds. The summed E-state index contributed by atoms with van der Waals surface area (Å²) in [4.78, 5) is 0. The van der Waals surface area contributed by atoms with Crippen molar-refractivity contribution in [3.05, 3.63) is 18.0 Å². The second-order valence-electron chi connectivity index (χ2n) is 5.65. The first-order valence-electron chi connectivity index (χ1n) is 7.54. The Hall–Kier alpha value is -0.870. The van der Waals surface area contributed by atoms with Gasteiger partial charge in [-0.2, -0.15) is 5.10 Å².